The van der Waals surface area contributed by atoms with E-state index < -0.39 is 0 Å². The van der Waals surface area contributed by atoms with Gasteiger partial charge in [-0.1, -0.05) is 6.92 Å². The highest BCUT2D eigenvalue weighted by molar-refractivity contribution is 6.27. The summed E-state index contributed by atoms with van der Waals surface area (Å²) in [6.07, 6.45) is 5.31. The number of halogens is 1. The fourth-order valence-electron chi connectivity index (χ4n) is 4.72. The molecule has 164 valence electrons. The van der Waals surface area contributed by atoms with Crippen LogP contribution in [0.4, 0.5) is 5.82 Å². The minimum Gasteiger partial charge on any atom is -0.369 e. The van der Waals surface area contributed by atoms with Gasteiger partial charge in [-0.05, 0) is 43.2 Å². The summed E-state index contributed by atoms with van der Waals surface area (Å²) in [5.74, 6) is 2.38. The summed E-state index contributed by atoms with van der Waals surface area (Å²) >= 11 is 5.68. The number of pyridine rings is 1. The third-order valence-corrected chi connectivity index (χ3v) is 6.38. The van der Waals surface area contributed by atoms with Crippen molar-refractivity contribution in [2.45, 2.75) is 32.2 Å². The van der Waals surface area contributed by atoms with Gasteiger partial charge < -0.3 is 15.5 Å². The lowest BCUT2D eigenvalue weighted by atomic mass is 9.79. The fourth-order valence-corrected chi connectivity index (χ4v) is 4.89. The van der Waals surface area contributed by atoms with Crippen molar-refractivity contribution >= 4 is 23.3 Å². The van der Waals surface area contributed by atoms with E-state index in [1.807, 2.05) is 11.0 Å². The average molecular weight is 433 g/mol. The molecule has 1 aromatic heterocycles. The predicted molar refractivity (Wildman–Crippen MR) is 119 cm³/mol. The number of carbonyl (C=O) groups is 1. The van der Waals surface area contributed by atoms with Crippen molar-refractivity contribution in [1.82, 2.24) is 20.1 Å². The van der Waals surface area contributed by atoms with Crippen LogP contribution in [0.5, 0.6) is 0 Å². The Bertz CT molecular complexity index is 713. The Labute approximate surface area is 184 Å². The quantitative estimate of drug-likeness (QED) is 0.483. The van der Waals surface area contributed by atoms with Gasteiger partial charge in [-0.15, -0.1) is 11.6 Å². The Hall–Kier alpha value is -1.88. The van der Waals surface area contributed by atoms with Crippen LogP contribution in [0.1, 0.15) is 31.7 Å². The summed E-state index contributed by atoms with van der Waals surface area (Å²) in [7, 11) is 0. The highest BCUT2D eigenvalue weighted by atomic mass is 35.5. The smallest absolute Gasteiger partial charge is 0.237 e. The van der Waals surface area contributed by atoms with Crippen LogP contribution < -0.4 is 10.6 Å². The summed E-state index contributed by atoms with van der Waals surface area (Å²) in [5.41, 5.74) is 0.577. The first kappa shape index (κ1) is 22.8. The van der Waals surface area contributed by atoms with E-state index in [0.29, 0.717) is 17.5 Å². The van der Waals surface area contributed by atoms with Crippen LogP contribution in [0.2, 0.25) is 0 Å². The molecule has 7 nitrogen and oxygen atoms in total. The van der Waals surface area contributed by atoms with E-state index in [9.17, 15) is 4.79 Å². The maximum atomic E-state index is 11.7. The van der Waals surface area contributed by atoms with Gasteiger partial charge in [0.05, 0.1) is 5.56 Å². The van der Waals surface area contributed by atoms with Crippen LogP contribution in [-0.2, 0) is 4.79 Å². The minimum atomic E-state index is 0.0525. The third kappa shape index (κ3) is 6.83. The number of alkyl halides is 1. The Morgan fingerprint density at radius 3 is 2.70 bits per heavy atom. The minimum absolute atomic E-state index is 0.0525. The number of amides is 1. The van der Waals surface area contributed by atoms with Crippen molar-refractivity contribution in [2.24, 2.45) is 11.8 Å². The van der Waals surface area contributed by atoms with E-state index in [2.05, 4.69) is 33.5 Å². The van der Waals surface area contributed by atoms with Crippen LogP contribution in [0.15, 0.2) is 18.3 Å². The second-order valence-corrected chi connectivity index (χ2v) is 8.88. The van der Waals surface area contributed by atoms with Crippen molar-refractivity contribution in [3.63, 3.8) is 0 Å². The van der Waals surface area contributed by atoms with Gasteiger partial charge in [0.1, 0.15) is 17.8 Å². The molecule has 2 fully saturated rings. The maximum absolute atomic E-state index is 11.7. The number of hydrogen-bond donors (Lipinski definition) is 2. The average Bonchev–Trinajstić information content (AvgIpc) is 2.77. The van der Waals surface area contributed by atoms with E-state index in [1.54, 1.807) is 12.3 Å². The first-order chi connectivity index (χ1) is 14.6. The molecule has 0 aromatic carbocycles. The number of aromatic nitrogens is 1. The Morgan fingerprint density at radius 1 is 1.23 bits per heavy atom. The molecule has 2 N–H and O–H groups in total. The molecular weight excluding hydrogens is 400 g/mol. The van der Waals surface area contributed by atoms with Crippen LogP contribution in [0.3, 0.4) is 0 Å². The lowest BCUT2D eigenvalue weighted by Crippen LogP contribution is -2.51. The van der Waals surface area contributed by atoms with Crippen molar-refractivity contribution in [2.75, 3.05) is 57.0 Å². The summed E-state index contributed by atoms with van der Waals surface area (Å²) in [6.45, 7) is 8.68. The van der Waals surface area contributed by atoms with Crippen molar-refractivity contribution in [3.05, 3.63) is 23.9 Å². The highest BCUT2D eigenvalue weighted by Gasteiger charge is 2.29. The van der Waals surface area contributed by atoms with Crippen molar-refractivity contribution in [3.8, 4) is 6.07 Å². The van der Waals surface area contributed by atoms with Gasteiger partial charge in [-0.3, -0.25) is 9.69 Å². The van der Waals surface area contributed by atoms with E-state index in [0.717, 1.165) is 57.5 Å². The molecule has 1 saturated heterocycles. The summed E-state index contributed by atoms with van der Waals surface area (Å²) in [4.78, 5) is 20.4. The largest absolute Gasteiger partial charge is 0.369 e. The summed E-state index contributed by atoms with van der Waals surface area (Å²) < 4.78 is 0. The number of nitrogens with one attached hydrogen (secondary N) is 2. The molecule has 2 aliphatic rings. The molecule has 1 saturated carbocycles. The number of hydrogen-bond acceptors (Lipinski definition) is 6. The topological polar surface area (TPSA) is 84.3 Å². The fraction of sp³-hybridized carbons (Fsp3) is 0.682. The number of rotatable bonds is 8. The van der Waals surface area contributed by atoms with E-state index in [-0.39, 0.29) is 11.8 Å². The number of anilines is 1. The van der Waals surface area contributed by atoms with Crippen molar-refractivity contribution < 1.29 is 4.79 Å². The van der Waals surface area contributed by atoms with Crippen LogP contribution >= 0.6 is 11.6 Å². The Morgan fingerprint density at radius 2 is 2.03 bits per heavy atom. The third-order valence-electron chi connectivity index (χ3n) is 6.15. The van der Waals surface area contributed by atoms with Gasteiger partial charge in [0, 0.05) is 58.1 Å². The zero-order chi connectivity index (χ0) is 21.3. The predicted octanol–water partition coefficient (Wildman–Crippen LogP) is 2.14. The van der Waals surface area contributed by atoms with E-state index >= 15 is 0 Å². The molecule has 3 rings (SSSR count). The molecular formula is C22H33ClN6O. The molecule has 0 spiro atoms. The molecule has 1 aromatic rings. The second kappa shape index (κ2) is 11.5. The van der Waals surface area contributed by atoms with Gasteiger partial charge in [-0.25, -0.2) is 4.98 Å². The molecule has 8 heteroatoms. The Kier molecular flexibility index (Phi) is 8.74. The van der Waals surface area contributed by atoms with Gasteiger partial charge in [0.25, 0.3) is 0 Å². The maximum Gasteiger partial charge on any atom is 0.237 e. The number of carbonyl (C=O) groups excluding carboxylic acids is 1. The van der Waals surface area contributed by atoms with Gasteiger partial charge in [0.2, 0.25) is 5.91 Å². The molecule has 0 bridgehead atoms. The summed E-state index contributed by atoms with van der Waals surface area (Å²) in [6, 6.07) is 6.26. The molecule has 1 amide bonds. The molecule has 0 radical (unpaired) electrons. The molecule has 1 aliphatic carbocycles. The SMILES string of the molecule is CC1CC(CN2CCN(C(=O)CCl)CC2)CC(NCCNc2ccc(C#N)cn2)C1. The zero-order valence-electron chi connectivity index (χ0n) is 17.8. The van der Waals surface area contributed by atoms with Crippen LogP contribution in [-0.4, -0.2) is 78.4 Å². The normalized spacial score (nSPS) is 25.0. The molecule has 1 aliphatic heterocycles. The molecule has 3 unspecified atom stereocenters. The van der Waals surface area contributed by atoms with Gasteiger partial charge in [-0.2, -0.15) is 5.26 Å². The van der Waals surface area contributed by atoms with Crippen molar-refractivity contribution in [1.29, 1.82) is 5.26 Å². The first-order valence-corrected chi connectivity index (χ1v) is 11.5. The van der Waals surface area contributed by atoms with Crippen LogP contribution in [0, 0.1) is 23.2 Å². The van der Waals surface area contributed by atoms with Gasteiger partial charge in [0.15, 0.2) is 0 Å². The summed E-state index contributed by atoms with van der Waals surface area (Å²) in [5, 5.41) is 15.9. The van der Waals surface area contributed by atoms with Crippen LogP contribution in [0.25, 0.3) is 0 Å². The number of piperazine rings is 1. The molecule has 2 heterocycles. The van der Waals surface area contributed by atoms with E-state index in [4.69, 9.17) is 16.9 Å². The monoisotopic (exact) mass is 432 g/mol. The van der Waals surface area contributed by atoms with E-state index in [1.165, 1.54) is 19.3 Å². The number of nitrogens with zero attached hydrogens (tertiary/aromatic N) is 4. The zero-order valence-corrected chi connectivity index (χ0v) is 18.6. The molecule has 3 atom stereocenters. The second-order valence-electron chi connectivity index (χ2n) is 8.62. The van der Waals surface area contributed by atoms with Gasteiger partial charge >= 0.3 is 0 Å². The highest BCUT2D eigenvalue weighted by Crippen LogP contribution is 2.30. The first-order valence-electron chi connectivity index (χ1n) is 11.0. The number of nitriles is 1. The Balaban J connectivity index is 1.36. The lowest BCUT2D eigenvalue weighted by molar-refractivity contribution is -0.130. The lowest BCUT2D eigenvalue weighted by Gasteiger charge is -2.40. The molecule has 30 heavy (non-hydrogen) atoms. The standard InChI is InChI=1S/C22H33ClN6O/c1-17-10-19(16-28-6-8-29(9-7-28)22(30)13-23)12-20(11-17)25-4-5-26-21-3-2-18(14-24)15-27-21/h2-3,15,17,19-20,25H,4-13,16H2,1H3,(H,26,27).